The number of aromatic hydroxyl groups is 1. The van der Waals surface area contributed by atoms with Crippen LogP contribution in [0.5, 0.6) is 5.75 Å². The fourth-order valence-electron chi connectivity index (χ4n) is 3.19. The lowest BCUT2D eigenvalue weighted by Gasteiger charge is -2.23. The van der Waals surface area contributed by atoms with Crippen LogP contribution >= 0.6 is 24.2 Å². The summed E-state index contributed by atoms with van der Waals surface area (Å²) in [6.45, 7) is 0. The van der Waals surface area contributed by atoms with Crippen LogP contribution in [0, 0.1) is 5.92 Å². The fourth-order valence-corrected chi connectivity index (χ4v) is 3.73. The van der Waals surface area contributed by atoms with E-state index in [-0.39, 0.29) is 12.2 Å². The molecular formula is C23H21ClO4S. The van der Waals surface area contributed by atoms with Gasteiger partial charge in [-0.1, -0.05) is 60.1 Å². The van der Waals surface area contributed by atoms with E-state index in [1.54, 1.807) is 24.3 Å². The van der Waals surface area contributed by atoms with Gasteiger partial charge >= 0.3 is 5.97 Å². The summed E-state index contributed by atoms with van der Waals surface area (Å²) in [6.07, 6.45) is -0.924. The Morgan fingerprint density at radius 1 is 0.862 bits per heavy atom. The molecular weight excluding hydrogens is 408 g/mol. The number of aliphatic hydroxyl groups is 1. The first-order valence-electron chi connectivity index (χ1n) is 9.09. The van der Waals surface area contributed by atoms with Crippen LogP contribution in [-0.4, -0.2) is 21.3 Å². The molecule has 0 heterocycles. The number of hydrogen-bond donors (Lipinski definition) is 4. The van der Waals surface area contributed by atoms with Crippen LogP contribution in [0.3, 0.4) is 0 Å². The van der Waals surface area contributed by atoms with Gasteiger partial charge in [0.1, 0.15) is 5.75 Å². The Bertz CT molecular complexity index is 956. The standard InChI is InChI=1S/C23H21ClO4S/c24-18-9-5-15(6-10-18)14-1-3-16(4-2-14)21(26)13-20(23(27)28)22(29)17-7-11-19(25)12-8-17/h1-12,20-22,25-26,29H,13H2,(H,27,28). The van der Waals surface area contributed by atoms with Crippen LogP contribution in [0.4, 0.5) is 0 Å². The van der Waals surface area contributed by atoms with E-state index in [0.717, 1.165) is 11.1 Å². The predicted octanol–water partition coefficient (Wildman–Crippen LogP) is 5.51. The Balaban J connectivity index is 1.74. The van der Waals surface area contributed by atoms with Crippen LogP contribution in [0.25, 0.3) is 11.1 Å². The highest BCUT2D eigenvalue weighted by atomic mass is 35.5. The second-order valence-electron chi connectivity index (χ2n) is 6.86. The summed E-state index contributed by atoms with van der Waals surface area (Å²) >= 11 is 10.4. The third kappa shape index (κ3) is 5.32. The Labute approximate surface area is 179 Å². The van der Waals surface area contributed by atoms with Crippen molar-refractivity contribution in [3.8, 4) is 16.9 Å². The van der Waals surface area contributed by atoms with Gasteiger partial charge in [-0.15, -0.1) is 0 Å². The maximum atomic E-state index is 11.8. The monoisotopic (exact) mass is 428 g/mol. The highest BCUT2D eigenvalue weighted by Crippen LogP contribution is 2.36. The summed E-state index contributed by atoms with van der Waals surface area (Å²) in [4.78, 5) is 11.8. The minimum Gasteiger partial charge on any atom is -0.508 e. The molecule has 3 aromatic carbocycles. The maximum absolute atomic E-state index is 11.8. The highest BCUT2D eigenvalue weighted by Gasteiger charge is 2.29. The van der Waals surface area contributed by atoms with Crippen molar-refractivity contribution in [2.45, 2.75) is 17.8 Å². The molecule has 0 saturated carbocycles. The van der Waals surface area contributed by atoms with Crippen LogP contribution < -0.4 is 0 Å². The van der Waals surface area contributed by atoms with E-state index in [0.29, 0.717) is 16.1 Å². The molecule has 3 N–H and O–H groups in total. The molecule has 0 aliphatic carbocycles. The van der Waals surface area contributed by atoms with Gasteiger partial charge in [0.15, 0.2) is 0 Å². The van der Waals surface area contributed by atoms with Crippen molar-refractivity contribution in [1.29, 1.82) is 0 Å². The lowest BCUT2D eigenvalue weighted by Crippen LogP contribution is -2.22. The third-order valence-corrected chi connectivity index (χ3v) is 5.79. The molecule has 0 amide bonds. The van der Waals surface area contributed by atoms with Gasteiger partial charge in [0, 0.05) is 10.3 Å². The number of carbonyl (C=O) groups is 1. The number of aliphatic hydroxyl groups excluding tert-OH is 1. The zero-order chi connectivity index (χ0) is 21.0. The van der Waals surface area contributed by atoms with E-state index in [2.05, 4.69) is 12.6 Å². The van der Waals surface area contributed by atoms with E-state index in [1.807, 2.05) is 36.4 Å². The Hall–Kier alpha value is -2.47. The number of aliphatic carboxylic acids is 1. The number of carboxylic acids is 1. The zero-order valence-electron chi connectivity index (χ0n) is 15.4. The molecule has 0 aliphatic rings. The number of rotatable bonds is 7. The van der Waals surface area contributed by atoms with Gasteiger partial charge in [-0.25, -0.2) is 0 Å². The average molecular weight is 429 g/mol. The number of phenolic OH excluding ortho intramolecular Hbond substituents is 1. The van der Waals surface area contributed by atoms with Gasteiger partial charge in [0.2, 0.25) is 0 Å². The summed E-state index contributed by atoms with van der Waals surface area (Å²) in [5, 5.41) is 29.7. The summed E-state index contributed by atoms with van der Waals surface area (Å²) in [6, 6.07) is 21.1. The van der Waals surface area contributed by atoms with Crippen LogP contribution in [0.15, 0.2) is 72.8 Å². The normalized spacial score (nSPS) is 14.2. The third-order valence-electron chi connectivity index (χ3n) is 4.88. The van der Waals surface area contributed by atoms with Crippen molar-refractivity contribution in [2.24, 2.45) is 5.92 Å². The van der Waals surface area contributed by atoms with Gasteiger partial charge in [-0.3, -0.25) is 4.79 Å². The molecule has 3 rings (SSSR count). The molecule has 0 spiro atoms. The molecule has 4 nitrogen and oxygen atoms in total. The molecule has 0 saturated heterocycles. The molecule has 3 aromatic rings. The van der Waals surface area contributed by atoms with Crippen molar-refractivity contribution >= 4 is 30.2 Å². The molecule has 3 atom stereocenters. The van der Waals surface area contributed by atoms with E-state index in [9.17, 15) is 20.1 Å². The number of carboxylic acid groups (broad SMARTS) is 1. The smallest absolute Gasteiger partial charge is 0.308 e. The molecule has 0 bridgehead atoms. The second-order valence-corrected chi connectivity index (χ2v) is 7.85. The summed E-state index contributed by atoms with van der Waals surface area (Å²) in [5.41, 5.74) is 3.29. The van der Waals surface area contributed by atoms with Gasteiger partial charge < -0.3 is 15.3 Å². The number of phenols is 1. The van der Waals surface area contributed by atoms with E-state index in [4.69, 9.17) is 11.6 Å². The lowest BCUT2D eigenvalue weighted by molar-refractivity contribution is -0.142. The minimum absolute atomic E-state index is 0.0185. The van der Waals surface area contributed by atoms with E-state index >= 15 is 0 Å². The van der Waals surface area contributed by atoms with E-state index < -0.39 is 23.2 Å². The SMILES string of the molecule is O=C(O)C(CC(O)c1ccc(-c2ccc(Cl)cc2)cc1)C(S)c1ccc(O)cc1. The molecule has 6 heteroatoms. The van der Waals surface area contributed by atoms with Crippen molar-refractivity contribution in [3.05, 3.63) is 88.9 Å². The van der Waals surface area contributed by atoms with E-state index in [1.165, 1.54) is 12.1 Å². The largest absolute Gasteiger partial charge is 0.508 e. The molecule has 0 radical (unpaired) electrons. The molecule has 0 aliphatic heterocycles. The summed E-state index contributed by atoms with van der Waals surface area (Å²) < 4.78 is 0. The van der Waals surface area contributed by atoms with Crippen molar-refractivity contribution in [3.63, 3.8) is 0 Å². The maximum Gasteiger partial charge on any atom is 0.308 e. The second kappa shape index (κ2) is 9.35. The Morgan fingerprint density at radius 2 is 1.34 bits per heavy atom. The van der Waals surface area contributed by atoms with Crippen molar-refractivity contribution < 1.29 is 20.1 Å². The number of benzene rings is 3. The Morgan fingerprint density at radius 3 is 1.86 bits per heavy atom. The minimum atomic E-state index is -1.03. The first kappa shape index (κ1) is 21.2. The van der Waals surface area contributed by atoms with Crippen LogP contribution in [0.2, 0.25) is 5.02 Å². The molecule has 0 aromatic heterocycles. The average Bonchev–Trinajstić information content (AvgIpc) is 2.72. The van der Waals surface area contributed by atoms with Gasteiger partial charge in [0.05, 0.1) is 12.0 Å². The zero-order valence-corrected chi connectivity index (χ0v) is 17.1. The molecule has 3 unspecified atom stereocenters. The Kier molecular flexibility index (Phi) is 6.85. The highest BCUT2D eigenvalue weighted by molar-refractivity contribution is 7.80. The number of hydrogen-bond acceptors (Lipinski definition) is 4. The predicted molar refractivity (Wildman–Crippen MR) is 117 cm³/mol. The van der Waals surface area contributed by atoms with Crippen molar-refractivity contribution in [2.75, 3.05) is 0 Å². The summed E-state index contributed by atoms with van der Waals surface area (Å²) in [7, 11) is 0. The van der Waals surface area contributed by atoms with Gasteiger partial charge in [0.25, 0.3) is 0 Å². The molecule has 29 heavy (non-hydrogen) atoms. The summed E-state index contributed by atoms with van der Waals surface area (Å²) in [5.74, 6) is -1.83. The topological polar surface area (TPSA) is 77.8 Å². The van der Waals surface area contributed by atoms with Gasteiger partial charge in [-0.2, -0.15) is 12.6 Å². The van der Waals surface area contributed by atoms with Crippen molar-refractivity contribution in [1.82, 2.24) is 0 Å². The molecule has 150 valence electrons. The number of halogens is 1. The number of thiol groups is 1. The first-order chi connectivity index (χ1) is 13.8. The van der Waals surface area contributed by atoms with Crippen LogP contribution in [0.1, 0.15) is 28.9 Å². The first-order valence-corrected chi connectivity index (χ1v) is 9.98. The fraction of sp³-hybridized carbons (Fsp3) is 0.174. The molecule has 0 fully saturated rings. The van der Waals surface area contributed by atoms with Gasteiger partial charge in [-0.05, 0) is 52.9 Å². The quantitative estimate of drug-likeness (QED) is 0.374. The lowest BCUT2D eigenvalue weighted by atomic mass is 9.90. The van der Waals surface area contributed by atoms with Crippen LogP contribution in [-0.2, 0) is 4.79 Å².